The maximum atomic E-state index is 12.0. The summed E-state index contributed by atoms with van der Waals surface area (Å²) in [4.78, 5) is 12.0. The van der Waals surface area contributed by atoms with Crippen molar-refractivity contribution >= 4 is 11.7 Å². The normalized spacial score (nSPS) is 12.5. The van der Waals surface area contributed by atoms with Crippen molar-refractivity contribution in [1.29, 1.82) is 0 Å². The van der Waals surface area contributed by atoms with Crippen LogP contribution in [0.4, 0.5) is 10.5 Å². The zero-order valence-corrected chi connectivity index (χ0v) is 13.8. The summed E-state index contributed by atoms with van der Waals surface area (Å²) in [5, 5.41) is 5.79. The van der Waals surface area contributed by atoms with E-state index >= 15 is 0 Å². The van der Waals surface area contributed by atoms with E-state index in [1.54, 1.807) is 0 Å². The maximum absolute atomic E-state index is 12.0. The molecule has 0 aromatic heterocycles. The predicted octanol–water partition coefficient (Wildman–Crippen LogP) is 3.38. The van der Waals surface area contributed by atoms with E-state index in [0.29, 0.717) is 19.8 Å². The molecule has 0 fully saturated rings. The molecule has 3 rings (SSSR count). The summed E-state index contributed by atoms with van der Waals surface area (Å²) in [6.45, 7) is 3.79. The number of rotatable bonds is 5. The first-order chi connectivity index (χ1) is 11.8. The second-order valence-electron chi connectivity index (χ2n) is 5.62. The highest BCUT2D eigenvalue weighted by Crippen LogP contribution is 2.30. The zero-order valence-electron chi connectivity index (χ0n) is 13.8. The van der Waals surface area contributed by atoms with Gasteiger partial charge in [0.1, 0.15) is 13.2 Å². The van der Waals surface area contributed by atoms with Gasteiger partial charge in [0.05, 0.1) is 0 Å². The van der Waals surface area contributed by atoms with Crippen molar-refractivity contribution in [2.24, 2.45) is 0 Å². The van der Waals surface area contributed by atoms with Gasteiger partial charge in [0.15, 0.2) is 11.5 Å². The number of fused-ring (bicyclic) bond motifs is 1. The number of benzene rings is 2. The van der Waals surface area contributed by atoms with Crippen molar-refractivity contribution in [3.63, 3.8) is 0 Å². The van der Waals surface area contributed by atoms with Crippen LogP contribution in [0.1, 0.15) is 18.1 Å². The molecular formula is C19H22N2O3. The molecule has 1 aliphatic rings. The van der Waals surface area contributed by atoms with Crippen molar-refractivity contribution in [1.82, 2.24) is 5.32 Å². The Morgan fingerprint density at radius 3 is 2.71 bits per heavy atom. The topological polar surface area (TPSA) is 59.6 Å². The van der Waals surface area contributed by atoms with Crippen molar-refractivity contribution < 1.29 is 14.3 Å². The van der Waals surface area contributed by atoms with Crippen LogP contribution in [0.15, 0.2) is 42.5 Å². The minimum Gasteiger partial charge on any atom is -0.486 e. The van der Waals surface area contributed by atoms with Crippen LogP contribution in [0, 0.1) is 0 Å². The fourth-order valence-corrected chi connectivity index (χ4v) is 2.68. The summed E-state index contributed by atoms with van der Waals surface area (Å²) in [6, 6.07) is 13.5. The van der Waals surface area contributed by atoms with Gasteiger partial charge in [-0.05, 0) is 42.2 Å². The third kappa shape index (κ3) is 3.98. The molecule has 24 heavy (non-hydrogen) atoms. The van der Waals surface area contributed by atoms with Gasteiger partial charge in [-0.25, -0.2) is 4.79 Å². The summed E-state index contributed by atoms with van der Waals surface area (Å²) >= 11 is 0. The van der Waals surface area contributed by atoms with Gasteiger partial charge in [-0.15, -0.1) is 0 Å². The van der Waals surface area contributed by atoms with E-state index in [1.165, 1.54) is 0 Å². The van der Waals surface area contributed by atoms with E-state index in [2.05, 4.69) is 17.6 Å². The molecule has 5 nitrogen and oxygen atoms in total. The number of ether oxygens (including phenoxy) is 2. The van der Waals surface area contributed by atoms with Gasteiger partial charge in [-0.1, -0.05) is 31.2 Å². The Balaban J connectivity index is 1.50. The summed E-state index contributed by atoms with van der Waals surface area (Å²) in [5.74, 6) is 1.56. The van der Waals surface area contributed by atoms with E-state index in [4.69, 9.17) is 9.47 Å². The lowest BCUT2D eigenvalue weighted by Crippen LogP contribution is -2.30. The van der Waals surface area contributed by atoms with Crippen LogP contribution in [0.2, 0.25) is 0 Å². The molecule has 1 heterocycles. The van der Waals surface area contributed by atoms with Crippen LogP contribution in [0.3, 0.4) is 0 Å². The Labute approximate surface area is 142 Å². The molecule has 0 aliphatic carbocycles. The van der Waals surface area contributed by atoms with Crippen LogP contribution < -0.4 is 20.1 Å². The minimum absolute atomic E-state index is 0.187. The molecule has 1 aliphatic heterocycles. The molecule has 2 N–H and O–H groups in total. The number of aryl methyl sites for hydroxylation is 1. The molecule has 0 spiro atoms. The molecule has 0 saturated heterocycles. The van der Waals surface area contributed by atoms with Gasteiger partial charge in [0.2, 0.25) is 0 Å². The van der Waals surface area contributed by atoms with Gasteiger partial charge >= 0.3 is 6.03 Å². The Hall–Kier alpha value is -2.69. The second kappa shape index (κ2) is 7.73. The van der Waals surface area contributed by atoms with Gasteiger partial charge in [-0.3, -0.25) is 0 Å². The lowest BCUT2D eigenvalue weighted by molar-refractivity contribution is 0.171. The van der Waals surface area contributed by atoms with Gasteiger partial charge in [0.25, 0.3) is 0 Å². The number of amides is 2. The first-order valence-corrected chi connectivity index (χ1v) is 8.27. The average molecular weight is 326 g/mol. The van der Waals surface area contributed by atoms with E-state index in [-0.39, 0.29) is 6.03 Å². The molecule has 2 aromatic rings. The average Bonchev–Trinajstić information content (AvgIpc) is 2.62. The van der Waals surface area contributed by atoms with Crippen molar-refractivity contribution in [2.75, 3.05) is 25.1 Å². The van der Waals surface area contributed by atoms with Crippen molar-refractivity contribution in [3.05, 3.63) is 53.6 Å². The van der Waals surface area contributed by atoms with Crippen LogP contribution in [-0.2, 0) is 12.8 Å². The molecular weight excluding hydrogens is 304 g/mol. The summed E-state index contributed by atoms with van der Waals surface area (Å²) in [7, 11) is 0. The minimum atomic E-state index is -0.187. The first kappa shape index (κ1) is 16.2. The summed E-state index contributed by atoms with van der Waals surface area (Å²) in [5.41, 5.74) is 3.09. The Bertz CT molecular complexity index is 716. The molecule has 0 radical (unpaired) electrons. The van der Waals surface area contributed by atoms with Gasteiger partial charge in [-0.2, -0.15) is 0 Å². The number of urea groups is 1. The molecule has 0 bridgehead atoms. The van der Waals surface area contributed by atoms with E-state index < -0.39 is 0 Å². The Kier molecular flexibility index (Phi) is 5.21. The summed E-state index contributed by atoms with van der Waals surface area (Å²) in [6.07, 6.45) is 1.62. The maximum Gasteiger partial charge on any atom is 0.319 e. The number of carbonyl (C=O) groups excluding carboxylic acids is 1. The Morgan fingerprint density at radius 1 is 1.08 bits per heavy atom. The highest BCUT2D eigenvalue weighted by atomic mass is 16.6. The van der Waals surface area contributed by atoms with Crippen LogP contribution in [0.5, 0.6) is 11.5 Å². The van der Waals surface area contributed by atoms with Gasteiger partial charge in [0, 0.05) is 12.2 Å². The monoisotopic (exact) mass is 326 g/mol. The predicted molar refractivity (Wildman–Crippen MR) is 94.0 cm³/mol. The van der Waals surface area contributed by atoms with Crippen LogP contribution >= 0.6 is 0 Å². The number of hydrogen-bond donors (Lipinski definition) is 2. The molecule has 0 atom stereocenters. The lowest BCUT2D eigenvalue weighted by Gasteiger charge is -2.19. The summed E-state index contributed by atoms with van der Waals surface area (Å²) < 4.78 is 11.1. The molecule has 0 unspecified atom stereocenters. The largest absolute Gasteiger partial charge is 0.486 e. The lowest BCUT2D eigenvalue weighted by atomic mass is 10.1. The van der Waals surface area contributed by atoms with Gasteiger partial charge < -0.3 is 20.1 Å². The number of nitrogens with one attached hydrogen (secondary N) is 2. The standard InChI is InChI=1S/C19H22N2O3/c1-2-15-5-3-4-6-16(15)21-19(22)20-10-9-14-7-8-17-18(13-14)24-12-11-23-17/h3-8,13H,2,9-12H2,1H3,(H2,20,21,22). The molecule has 2 amide bonds. The fourth-order valence-electron chi connectivity index (χ4n) is 2.68. The molecule has 2 aromatic carbocycles. The number of hydrogen-bond acceptors (Lipinski definition) is 3. The van der Waals surface area contributed by atoms with Crippen LogP contribution in [-0.4, -0.2) is 25.8 Å². The van der Waals surface area contributed by atoms with E-state index in [1.807, 2.05) is 42.5 Å². The van der Waals surface area contributed by atoms with Crippen LogP contribution in [0.25, 0.3) is 0 Å². The van der Waals surface area contributed by atoms with Crippen molar-refractivity contribution in [2.45, 2.75) is 19.8 Å². The molecule has 126 valence electrons. The molecule has 5 heteroatoms. The number of carbonyl (C=O) groups is 1. The van der Waals surface area contributed by atoms with E-state index in [0.717, 1.165) is 41.2 Å². The highest BCUT2D eigenvalue weighted by Gasteiger charge is 2.11. The molecule has 0 saturated carbocycles. The quantitative estimate of drug-likeness (QED) is 0.885. The Morgan fingerprint density at radius 2 is 1.88 bits per heavy atom. The smallest absolute Gasteiger partial charge is 0.319 e. The number of para-hydroxylation sites is 1. The highest BCUT2D eigenvalue weighted by molar-refractivity contribution is 5.90. The zero-order chi connectivity index (χ0) is 16.8. The fraction of sp³-hybridized carbons (Fsp3) is 0.316. The number of anilines is 1. The van der Waals surface area contributed by atoms with E-state index in [9.17, 15) is 4.79 Å². The third-order valence-electron chi connectivity index (χ3n) is 3.95. The first-order valence-electron chi connectivity index (χ1n) is 8.27. The van der Waals surface area contributed by atoms with Crippen molar-refractivity contribution in [3.8, 4) is 11.5 Å². The SMILES string of the molecule is CCc1ccccc1NC(=O)NCCc1ccc2c(c1)OCCO2. The third-order valence-corrected chi connectivity index (χ3v) is 3.95. The second-order valence-corrected chi connectivity index (χ2v) is 5.62.